The molecule has 0 aromatic heterocycles. The fourth-order valence-electron chi connectivity index (χ4n) is 1.62. The zero-order chi connectivity index (χ0) is 13.1. The maximum absolute atomic E-state index is 11.0. The van der Waals surface area contributed by atoms with Crippen LogP contribution in [0.4, 0.5) is 0 Å². The molecule has 0 aliphatic rings. The predicted octanol–water partition coefficient (Wildman–Crippen LogP) is 2.81. The zero-order valence-electron chi connectivity index (χ0n) is 10.3. The van der Waals surface area contributed by atoms with Crippen molar-refractivity contribution in [2.24, 2.45) is 0 Å². The van der Waals surface area contributed by atoms with Crippen LogP contribution in [0, 0.1) is 13.8 Å². The van der Waals surface area contributed by atoms with Gasteiger partial charge in [-0.3, -0.25) is 0 Å². The molecule has 0 saturated carbocycles. The van der Waals surface area contributed by atoms with Crippen LogP contribution in [0.1, 0.15) is 23.6 Å². The first-order valence-corrected chi connectivity index (χ1v) is 7.97. The minimum atomic E-state index is -3.46. The van der Waals surface area contributed by atoms with Gasteiger partial charge in [0.2, 0.25) is 9.05 Å². The number of halogens is 1. The molecule has 0 radical (unpaired) electrons. The van der Waals surface area contributed by atoms with Gasteiger partial charge in [0.15, 0.2) is 0 Å². The highest BCUT2D eigenvalue weighted by atomic mass is 35.7. The topological polar surface area (TPSA) is 43.4 Å². The third-order valence-corrected chi connectivity index (χ3v) is 3.82. The van der Waals surface area contributed by atoms with Crippen LogP contribution in [0.5, 0.6) is 5.75 Å². The minimum absolute atomic E-state index is 0.0723. The average molecular weight is 277 g/mol. The minimum Gasteiger partial charge on any atom is -0.493 e. The van der Waals surface area contributed by atoms with E-state index in [4.69, 9.17) is 15.4 Å². The van der Waals surface area contributed by atoms with Crippen molar-refractivity contribution in [2.45, 2.75) is 27.2 Å². The maximum Gasteiger partial charge on any atom is 0.232 e. The Morgan fingerprint density at radius 3 is 2.47 bits per heavy atom. The fourth-order valence-corrected chi connectivity index (χ4v) is 2.32. The van der Waals surface area contributed by atoms with Crippen molar-refractivity contribution in [3.8, 4) is 5.75 Å². The number of ether oxygens (including phenoxy) is 1. The monoisotopic (exact) mass is 276 g/mol. The second-order valence-corrected chi connectivity index (χ2v) is 6.82. The molecule has 0 bridgehead atoms. The summed E-state index contributed by atoms with van der Waals surface area (Å²) in [4.78, 5) is 0. The number of benzene rings is 1. The van der Waals surface area contributed by atoms with Crippen molar-refractivity contribution < 1.29 is 13.2 Å². The highest BCUT2D eigenvalue weighted by Crippen LogP contribution is 2.27. The molecule has 0 unspecified atom stereocenters. The van der Waals surface area contributed by atoms with Gasteiger partial charge in [-0.2, -0.15) is 0 Å². The van der Waals surface area contributed by atoms with E-state index in [9.17, 15) is 8.42 Å². The van der Waals surface area contributed by atoms with Crippen molar-refractivity contribution in [1.82, 2.24) is 0 Å². The van der Waals surface area contributed by atoms with E-state index >= 15 is 0 Å². The second-order valence-electron chi connectivity index (χ2n) is 3.92. The summed E-state index contributed by atoms with van der Waals surface area (Å²) in [5, 5.41) is 0. The number of aryl methyl sites for hydroxylation is 2. The molecule has 0 N–H and O–H groups in total. The molecule has 1 rings (SSSR count). The van der Waals surface area contributed by atoms with Crippen LogP contribution in [0.3, 0.4) is 0 Å². The van der Waals surface area contributed by atoms with Crippen molar-refractivity contribution in [2.75, 3.05) is 12.4 Å². The molecule has 0 amide bonds. The van der Waals surface area contributed by atoms with E-state index in [1.807, 2.05) is 32.9 Å². The smallest absolute Gasteiger partial charge is 0.232 e. The van der Waals surface area contributed by atoms with E-state index < -0.39 is 9.05 Å². The molecule has 3 nitrogen and oxygen atoms in total. The Bertz CT molecular complexity index is 495. The van der Waals surface area contributed by atoms with E-state index in [2.05, 4.69) is 0 Å². The van der Waals surface area contributed by atoms with Gasteiger partial charge in [-0.25, -0.2) is 8.42 Å². The normalized spacial score (nSPS) is 11.5. The van der Waals surface area contributed by atoms with E-state index in [1.165, 1.54) is 0 Å². The lowest BCUT2D eigenvalue weighted by atomic mass is 10.0. The maximum atomic E-state index is 11.0. The molecule has 5 heteroatoms. The predicted molar refractivity (Wildman–Crippen MR) is 70.4 cm³/mol. The summed E-state index contributed by atoms with van der Waals surface area (Å²) in [5.41, 5.74) is 3.07. The molecule has 0 aliphatic carbocycles. The number of hydrogen-bond acceptors (Lipinski definition) is 3. The lowest BCUT2D eigenvalue weighted by Gasteiger charge is -2.14. The Hall–Kier alpha value is -0.740. The van der Waals surface area contributed by atoms with Gasteiger partial charge in [-0.1, -0.05) is 12.1 Å². The van der Waals surface area contributed by atoms with Crippen LogP contribution in [-0.2, 0) is 15.5 Å². The van der Waals surface area contributed by atoms with Crippen LogP contribution in [0.25, 0.3) is 0 Å². The SMILES string of the molecule is CCOc1c(CCS(=O)(=O)Cl)ccc(C)c1C. The summed E-state index contributed by atoms with van der Waals surface area (Å²) in [5.74, 6) is 0.713. The molecule has 0 aliphatic heterocycles. The third kappa shape index (κ3) is 4.21. The summed E-state index contributed by atoms with van der Waals surface area (Å²) in [6.45, 7) is 6.44. The van der Waals surface area contributed by atoms with E-state index in [0.717, 1.165) is 22.4 Å². The number of rotatable bonds is 5. The van der Waals surface area contributed by atoms with Crippen LogP contribution in [0.15, 0.2) is 12.1 Å². The van der Waals surface area contributed by atoms with Crippen LogP contribution in [0.2, 0.25) is 0 Å². The van der Waals surface area contributed by atoms with Gasteiger partial charge in [0.05, 0.1) is 12.4 Å². The zero-order valence-corrected chi connectivity index (χ0v) is 11.9. The van der Waals surface area contributed by atoms with E-state index in [-0.39, 0.29) is 5.75 Å². The van der Waals surface area contributed by atoms with Gasteiger partial charge < -0.3 is 4.74 Å². The Labute approximate surface area is 107 Å². The molecular formula is C12H17ClO3S. The summed E-state index contributed by atoms with van der Waals surface area (Å²) in [7, 11) is 1.75. The van der Waals surface area contributed by atoms with Gasteiger partial charge in [0.1, 0.15) is 5.75 Å². The highest BCUT2D eigenvalue weighted by Gasteiger charge is 2.12. The second kappa shape index (κ2) is 5.74. The summed E-state index contributed by atoms with van der Waals surface area (Å²) >= 11 is 0. The van der Waals surface area contributed by atoms with Crippen molar-refractivity contribution >= 4 is 19.7 Å². The molecule has 1 aromatic rings. The van der Waals surface area contributed by atoms with Crippen molar-refractivity contribution in [1.29, 1.82) is 0 Å². The molecule has 0 heterocycles. The summed E-state index contributed by atoms with van der Waals surface area (Å²) < 4.78 is 27.5. The largest absolute Gasteiger partial charge is 0.493 e. The van der Waals surface area contributed by atoms with Gasteiger partial charge in [-0.05, 0) is 43.9 Å². The average Bonchev–Trinajstić information content (AvgIpc) is 2.23. The van der Waals surface area contributed by atoms with Crippen LogP contribution >= 0.6 is 10.7 Å². The molecule has 0 saturated heterocycles. The molecule has 1 aromatic carbocycles. The van der Waals surface area contributed by atoms with Crippen molar-refractivity contribution in [3.63, 3.8) is 0 Å². The lowest BCUT2D eigenvalue weighted by molar-refractivity contribution is 0.334. The molecule has 17 heavy (non-hydrogen) atoms. The Kier molecular flexibility index (Phi) is 4.83. The van der Waals surface area contributed by atoms with Gasteiger partial charge in [-0.15, -0.1) is 0 Å². The van der Waals surface area contributed by atoms with E-state index in [1.54, 1.807) is 0 Å². The Morgan fingerprint density at radius 2 is 1.94 bits per heavy atom. The Balaban J connectivity index is 3.02. The quantitative estimate of drug-likeness (QED) is 0.777. The van der Waals surface area contributed by atoms with E-state index in [0.29, 0.717) is 13.0 Å². The summed E-state index contributed by atoms with van der Waals surface area (Å²) in [6, 6.07) is 3.86. The summed E-state index contributed by atoms with van der Waals surface area (Å²) in [6.07, 6.45) is 0.377. The van der Waals surface area contributed by atoms with Crippen LogP contribution < -0.4 is 4.74 Å². The molecule has 96 valence electrons. The van der Waals surface area contributed by atoms with Crippen molar-refractivity contribution in [3.05, 3.63) is 28.8 Å². The standard InChI is InChI=1S/C12H17ClO3S/c1-4-16-12-10(3)9(2)5-6-11(12)7-8-17(13,14)15/h5-6H,4,7-8H2,1-3H3. The molecular weight excluding hydrogens is 260 g/mol. The van der Waals surface area contributed by atoms with Gasteiger partial charge in [0, 0.05) is 10.7 Å². The molecule has 0 spiro atoms. The molecule has 0 atom stereocenters. The first-order chi connectivity index (χ1) is 7.85. The third-order valence-electron chi connectivity index (χ3n) is 2.66. The van der Waals surface area contributed by atoms with Gasteiger partial charge in [0.25, 0.3) is 0 Å². The highest BCUT2D eigenvalue weighted by molar-refractivity contribution is 8.13. The van der Waals surface area contributed by atoms with Gasteiger partial charge >= 0.3 is 0 Å². The fraction of sp³-hybridized carbons (Fsp3) is 0.500. The molecule has 0 fully saturated rings. The Morgan fingerprint density at radius 1 is 1.29 bits per heavy atom. The first-order valence-electron chi connectivity index (χ1n) is 5.49. The van der Waals surface area contributed by atoms with Crippen LogP contribution in [-0.4, -0.2) is 20.8 Å². The lowest BCUT2D eigenvalue weighted by Crippen LogP contribution is -2.05. The number of hydrogen-bond donors (Lipinski definition) is 0. The first kappa shape index (κ1) is 14.3.